The molecular formula is C16H21N3O3. The Hall–Kier alpha value is -2.34. The molecule has 118 valence electrons. The molecule has 0 bridgehead atoms. The van der Waals surface area contributed by atoms with Gasteiger partial charge in [-0.3, -0.25) is 9.59 Å². The van der Waals surface area contributed by atoms with Crippen molar-refractivity contribution >= 4 is 5.91 Å². The Bertz CT molecular complexity index is 674. The number of hydrogen-bond acceptors (Lipinski definition) is 4. The van der Waals surface area contributed by atoms with Crippen molar-refractivity contribution in [2.75, 3.05) is 6.54 Å². The van der Waals surface area contributed by atoms with Gasteiger partial charge >= 0.3 is 0 Å². The molecule has 0 aliphatic rings. The average molecular weight is 303 g/mol. The summed E-state index contributed by atoms with van der Waals surface area (Å²) in [5.41, 5.74) is 5.81. The first-order valence-corrected chi connectivity index (χ1v) is 7.29. The van der Waals surface area contributed by atoms with Crippen molar-refractivity contribution < 1.29 is 9.21 Å². The molecule has 1 atom stereocenters. The predicted octanol–water partition coefficient (Wildman–Crippen LogP) is 1.74. The number of rotatable bonds is 6. The fourth-order valence-electron chi connectivity index (χ4n) is 2.27. The largest absolute Gasteiger partial charge is 0.463 e. The minimum absolute atomic E-state index is 0.0671. The summed E-state index contributed by atoms with van der Waals surface area (Å²) in [6.07, 6.45) is 2.29. The highest BCUT2D eigenvalue weighted by atomic mass is 16.3. The van der Waals surface area contributed by atoms with Crippen LogP contribution in [0.3, 0.4) is 0 Å². The van der Waals surface area contributed by atoms with Crippen molar-refractivity contribution in [3.63, 3.8) is 0 Å². The van der Waals surface area contributed by atoms with Crippen LogP contribution >= 0.6 is 0 Å². The molecular weight excluding hydrogens is 282 g/mol. The number of carbonyl (C=O) groups is 1. The molecule has 6 heteroatoms. The van der Waals surface area contributed by atoms with E-state index in [0.29, 0.717) is 23.9 Å². The quantitative estimate of drug-likeness (QED) is 0.756. The van der Waals surface area contributed by atoms with E-state index in [-0.39, 0.29) is 11.6 Å². The third kappa shape index (κ3) is 3.85. The van der Waals surface area contributed by atoms with Crippen LogP contribution in [0.15, 0.2) is 39.7 Å². The van der Waals surface area contributed by atoms with Gasteiger partial charge in [0.1, 0.15) is 11.3 Å². The first kappa shape index (κ1) is 16.0. The summed E-state index contributed by atoms with van der Waals surface area (Å²) >= 11 is 0. The molecule has 1 unspecified atom stereocenters. The molecule has 0 radical (unpaired) electrons. The monoisotopic (exact) mass is 303 g/mol. The normalized spacial score (nSPS) is 12.4. The number of nitrogens with two attached hydrogens (primary N) is 1. The van der Waals surface area contributed by atoms with Crippen molar-refractivity contribution in [3.05, 3.63) is 46.4 Å². The summed E-state index contributed by atoms with van der Waals surface area (Å²) in [7, 11) is 0. The molecule has 22 heavy (non-hydrogen) atoms. The van der Waals surface area contributed by atoms with E-state index >= 15 is 0 Å². The van der Waals surface area contributed by atoms with E-state index in [4.69, 9.17) is 10.2 Å². The first-order valence-electron chi connectivity index (χ1n) is 7.29. The highest BCUT2D eigenvalue weighted by Gasteiger charge is 2.17. The van der Waals surface area contributed by atoms with Gasteiger partial charge in [0.25, 0.3) is 11.5 Å². The molecule has 6 nitrogen and oxygen atoms in total. The maximum Gasteiger partial charge on any atom is 0.261 e. The highest BCUT2D eigenvalue weighted by Crippen LogP contribution is 2.15. The molecule has 4 N–H and O–H groups in total. The third-order valence-electron chi connectivity index (χ3n) is 3.32. The summed E-state index contributed by atoms with van der Waals surface area (Å²) in [6.45, 7) is 4.45. The molecule has 2 rings (SSSR count). The summed E-state index contributed by atoms with van der Waals surface area (Å²) in [4.78, 5) is 26.9. The fraction of sp³-hybridized carbons (Fsp3) is 0.375. The molecule has 0 saturated carbocycles. The molecule has 0 spiro atoms. The summed E-state index contributed by atoms with van der Waals surface area (Å²) in [6, 6.07) is 6.46. The molecule has 0 saturated heterocycles. The fourth-order valence-corrected chi connectivity index (χ4v) is 2.27. The van der Waals surface area contributed by atoms with Crippen LogP contribution in [-0.2, 0) is 0 Å². The molecule has 0 aliphatic heterocycles. The second kappa shape index (κ2) is 7.09. The van der Waals surface area contributed by atoms with Crippen LogP contribution in [0.5, 0.6) is 0 Å². The van der Waals surface area contributed by atoms with Crippen LogP contribution in [0.25, 0.3) is 11.5 Å². The van der Waals surface area contributed by atoms with E-state index in [1.807, 2.05) is 0 Å². The van der Waals surface area contributed by atoms with Crippen molar-refractivity contribution in [2.24, 2.45) is 11.7 Å². The van der Waals surface area contributed by atoms with E-state index in [0.717, 1.165) is 6.42 Å². The lowest BCUT2D eigenvalue weighted by Gasteiger charge is -2.18. The predicted molar refractivity (Wildman–Crippen MR) is 84.5 cm³/mol. The first-order chi connectivity index (χ1) is 10.5. The van der Waals surface area contributed by atoms with E-state index in [1.54, 1.807) is 18.2 Å². The Kier molecular flexibility index (Phi) is 5.16. The SMILES string of the molecule is CC(C)CC(CN)NC(=O)c1ccc(-c2ccco2)[nH]c1=O. The van der Waals surface area contributed by atoms with Crippen LogP contribution in [0.1, 0.15) is 30.6 Å². The van der Waals surface area contributed by atoms with Crippen LogP contribution in [-0.4, -0.2) is 23.5 Å². The van der Waals surface area contributed by atoms with E-state index in [1.165, 1.54) is 12.3 Å². The lowest BCUT2D eigenvalue weighted by atomic mass is 10.0. The van der Waals surface area contributed by atoms with Crippen molar-refractivity contribution in [1.82, 2.24) is 10.3 Å². The Morgan fingerprint density at radius 1 is 1.36 bits per heavy atom. The zero-order valence-corrected chi connectivity index (χ0v) is 12.8. The van der Waals surface area contributed by atoms with Crippen LogP contribution in [0.2, 0.25) is 0 Å². The second-order valence-corrected chi connectivity index (χ2v) is 5.63. The topological polar surface area (TPSA) is 101 Å². The second-order valence-electron chi connectivity index (χ2n) is 5.63. The van der Waals surface area contributed by atoms with Gasteiger partial charge in [0, 0.05) is 12.6 Å². The number of nitrogens with one attached hydrogen (secondary N) is 2. The van der Waals surface area contributed by atoms with Gasteiger partial charge in [0.05, 0.1) is 12.0 Å². The van der Waals surface area contributed by atoms with Gasteiger partial charge in [-0.2, -0.15) is 0 Å². The summed E-state index contributed by atoms with van der Waals surface area (Å²) in [5, 5.41) is 2.80. The summed E-state index contributed by atoms with van der Waals surface area (Å²) in [5.74, 6) is 0.542. The van der Waals surface area contributed by atoms with E-state index in [2.05, 4.69) is 24.1 Å². The van der Waals surface area contributed by atoms with Gasteiger partial charge in [-0.05, 0) is 36.6 Å². The van der Waals surface area contributed by atoms with Crippen LogP contribution < -0.4 is 16.6 Å². The number of pyridine rings is 1. The molecule has 2 aromatic heterocycles. The van der Waals surface area contributed by atoms with Gasteiger partial charge in [0.2, 0.25) is 0 Å². The van der Waals surface area contributed by atoms with Crippen molar-refractivity contribution in [3.8, 4) is 11.5 Å². The van der Waals surface area contributed by atoms with E-state index < -0.39 is 11.5 Å². The number of amides is 1. The highest BCUT2D eigenvalue weighted by molar-refractivity contribution is 5.94. The molecule has 1 amide bonds. The zero-order chi connectivity index (χ0) is 16.1. The number of aromatic amines is 1. The number of carbonyl (C=O) groups excluding carboxylic acids is 1. The van der Waals surface area contributed by atoms with Gasteiger partial charge in [0.15, 0.2) is 0 Å². The minimum Gasteiger partial charge on any atom is -0.463 e. The van der Waals surface area contributed by atoms with Gasteiger partial charge in [-0.25, -0.2) is 0 Å². The number of aromatic nitrogens is 1. The maximum absolute atomic E-state index is 12.2. The van der Waals surface area contributed by atoms with E-state index in [9.17, 15) is 9.59 Å². The lowest BCUT2D eigenvalue weighted by molar-refractivity contribution is 0.0932. The summed E-state index contributed by atoms with van der Waals surface area (Å²) < 4.78 is 5.21. The third-order valence-corrected chi connectivity index (χ3v) is 3.32. The maximum atomic E-state index is 12.2. The lowest BCUT2D eigenvalue weighted by Crippen LogP contribution is -2.42. The Morgan fingerprint density at radius 2 is 2.14 bits per heavy atom. The van der Waals surface area contributed by atoms with Crippen molar-refractivity contribution in [2.45, 2.75) is 26.3 Å². The van der Waals surface area contributed by atoms with Crippen LogP contribution in [0.4, 0.5) is 0 Å². The zero-order valence-electron chi connectivity index (χ0n) is 12.8. The molecule has 2 aromatic rings. The number of furan rings is 1. The van der Waals surface area contributed by atoms with Crippen molar-refractivity contribution in [1.29, 1.82) is 0 Å². The minimum atomic E-state index is -0.452. The molecule has 0 aliphatic carbocycles. The van der Waals surface area contributed by atoms with Gasteiger partial charge < -0.3 is 20.5 Å². The van der Waals surface area contributed by atoms with Gasteiger partial charge in [-0.15, -0.1) is 0 Å². The Morgan fingerprint density at radius 3 is 2.68 bits per heavy atom. The average Bonchev–Trinajstić information content (AvgIpc) is 2.99. The number of H-pyrrole nitrogens is 1. The van der Waals surface area contributed by atoms with Crippen LogP contribution in [0, 0.1) is 5.92 Å². The molecule has 0 fully saturated rings. The Balaban J connectivity index is 2.15. The Labute approximate surface area is 128 Å². The molecule has 0 aromatic carbocycles. The standard InChI is InChI=1S/C16H21N3O3/c1-10(2)8-11(9-17)18-15(20)12-5-6-13(19-16(12)21)14-4-3-7-22-14/h3-7,10-11H,8-9,17H2,1-2H3,(H,18,20)(H,19,21). The smallest absolute Gasteiger partial charge is 0.261 e. The molecule has 2 heterocycles. The van der Waals surface area contributed by atoms with Gasteiger partial charge in [-0.1, -0.05) is 13.8 Å². The number of hydrogen-bond donors (Lipinski definition) is 3.